The molecule has 0 aromatic heterocycles. The average molecular weight is 472 g/mol. The Kier molecular flexibility index (Phi) is 7.27. The predicted molar refractivity (Wildman–Crippen MR) is 130 cm³/mol. The van der Waals surface area contributed by atoms with Crippen LogP contribution in [0.4, 0.5) is 0 Å². The molecule has 1 aliphatic carbocycles. The minimum Gasteiger partial charge on any atom is -0.335 e. The lowest BCUT2D eigenvalue weighted by molar-refractivity contribution is -0.146. The van der Waals surface area contributed by atoms with E-state index in [1.807, 2.05) is 56.3 Å². The van der Waals surface area contributed by atoms with E-state index in [1.54, 1.807) is 0 Å². The third kappa shape index (κ3) is 5.55. The lowest BCUT2D eigenvalue weighted by Gasteiger charge is -2.45. The Morgan fingerprint density at radius 1 is 1.03 bits per heavy atom. The van der Waals surface area contributed by atoms with Gasteiger partial charge in [0.1, 0.15) is 5.78 Å². The monoisotopic (exact) mass is 471 g/mol. The number of piperidine rings is 1. The van der Waals surface area contributed by atoms with Gasteiger partial charge in [0, 0.05) is 41.3 Å². The molecule has 0 spiro atoms. The number of likely N-dealkylation sites (tertiary alicyclic amines) is 1. The number of hydrogen-bond donors (Lipinski definition) is 0. The Morgan fingerprint density at radius 2 is 1.75 bits per heavy atom. The third-order valence-corrected chi connectivity index (χ3v) is 7.12. The zero-order chi connectivity index (χ0) is 22.8. The van der Waals surface area contributed by atoms with Crippen molar-refractivity contribution in [3.05, 3.63) is 69.7 Å². The van der Waals surface area contributed by atoms with E-state index in [1.165, 1.54) is 0 Å². The maximum Gasteiger partial charge on any atom is 0.226 e. The second kappa shape index (κ2) is 9.97. The molecular formula is C27H31Cl2NO2. The van der Waals surface area contributed by atoms with Crippen LogP contribution in [0.5, 0.6) is 0 Å². The molecule has 3 nitrogen and oxygen atoms in total. The number of rotatable bonds is 8. The normalized spacial score (nSPS) is 23.6. The number of nitrogens with zero attached hydrogens (tertiary/aromatic N) is 1. The van der Waals surface area contributed by atoms with Gasteiger partial charge in [-0.15, -0.1) is 0 Å². The SMILES string of the molecule is CC(C)CC(=O)C[C@H]1C[C@H](c2cccc(Cl)c2)[C@@H](c2ccc(Cl)cc2)N(CC2CC2)C1=O. The summed E-state index contributed by atoms with van der Waals surface area (Å²) in [4.78, 5) is 28.5. The Hall–Kier alpha value is -1.84. The average Bonchev–Trinajstić information content (AvgIpc) is 3.55. The fourth-order valence-electron chi connectivity index (χ4n) is 5.02. The molecule has 0 N–H and O–H groups in total. The van der Waals surface area contributed by atoms with Crippen LogP contribution in [0.2, 0.25) is 10.0 Å². The lowest BCUT2D eigenvalue weighted by atomic mass is 9.74. The lowest BCUT2D eigenvalue weighted by Crippen LogP contribution is -2.48. The van der Waals surface area contributed by atoms with Crippen molar-refractivity contribution in [1.29, 1.82) is 0 Å². The van der Waals surface area contributed by atoms with E-state index in [4.69, 9.17) is 23.2 Å². The molecule has 2 fully saturated rings. The summed E-state index contributed by atoms with van der Waals surface area (Å²) in [6, 6.07) is 15.7. The molecule has 170 valence electrons. The van der Waals surface area contributed by atoms with Crippen molar-refractivity contribution in [3.63, 3.8) is 0 Å². The van der Waals surface area contributed by atoms with Gasteiger partial charge in [0.2, 0.25) is 5.91 Å². The molecule has 3 atom stereocenters. The van der Waals surface area contributed by atoms with E-state index < -0.39 is 0 Å². The molecule has 4 rings (SSSR count). The van der Waals surface area contributed by atoms with Crippen LogP contribution in [0.3, 0.4) is 0 Å². The van der Waals surface area contributed by atoms with Crippen molar-refractivity contribution in [2.45, 2.75) is 57.9 Å². The second-order valence-corrected chi connectivity index (χ2v) is 10.7. The Balaban J connectivity index is 1.73. The first-order valence-electron chi connectivity index (χ1n) is 11.6. The highest BCUT2D eigenvalue weighted by Gasteiger charge is 2.45. The van der Waals surface area contributed by atoms with E-state index in [0.29, 0.717) is 41.1 Å². The molecule has 1 aliphatic heterocycles. The Morgan fingerprint density at radius 3 is 2.38 bits per heavy atom. The van der Waals surface area contributed by atoms with E-state index >= 15 is 0 Å². The third-order valence-electron chi connectivity index (χ3n) is 6.64. The van der Waals surface area contributed by atoms with Crippen molar-refractivity contribution in [1.82, 2.24) is 4.90 Å². The van der Waals surface area contributed by atoms with Crippen LogP contribution in [0.25, 0.3) is 0 Å². The summed E-state index contributed by atoms with van der Waals surface area (Å²) in [6.07, 6.45) is 3.82. The largest absolute Gasteiger partial charge is 0.335 e. The number of carbonyl (C=O) groups excluding carboxylic acids is 2. The molecule has 1 saturated carbocycles. The fourth-order valence-corrected chi connectivity index (χ4v) is 5.34. The molecule has 0 bridgehead atoms. The molecule has 2 aromatic carbocycles. The van der Waals surface area contributed by atoms with E-state index in [-0.39, 0.29) is 29.6 Å². The molecule has 2 aromatic rings. The highest BCUT2D eigenvalue weighted by atomic mass is 35.5. The number of ketones is 1. The Labute approximate surface area is 201 Å². The highest BCUT2D eigenvalue weighted by molar-refractivity contribution is 6.30. The minimum absolute atomic E-state index is 0.0724. The molecule has 2 aliphatic rings. The Bertz CT molecular complexity index is 968. The smallest absolute Gasteiger partial charge is 0.226 e. The molecule has 1 heterocycles. The summed E-state index contributed by atoms with van der Waals surface area (Å²) in [6.45, 7) is 4.84. The quantitative estimate of drug-likeness (QED) is 0.412. The van der Waals surface area contributed by atoms with Crippen molar-refractivity contribution < 1.29 is 9.59 Å². The second-order valence-electron chi connectivity index (χ2n) is 9.87. The van der Waals surface area contributed by atoms with Crippen LogP contribution < -0.4 is 0 Å². The molecule has 1 amide bonds. The zero-order valence-corrected chi connectivity index (χ0v) is 20.3. The van der Waals surface area contributed by atoms with Gasteiger partial charge in [-0.25, -0.2) is 0 Å². The van der Waals surface area contributed by atoms with Gasteiger partial charge >= 0.3 is 0 Å². The molecule has 32 heavy (non-hydrogen) atoms. The van der Waals surface area contributed by atoms with Gasteiger partial charge in [0.05, 0.1) is 6.04 Å². The van der Waals surface area contributed by atoms with Crippen LogP contribution >= 0.6 is 23.2 Å². The molecule has 5 heteroatoms. The first-order valence-corrected chi connectivity index (χ1v) is 12.4. The van der Waals surface area contributed by atoms with Crippen LogP contribution in [0, 0.1) is 17.8 Å². The van der Waals surface area contributed by atoms with Crippen LogP contribution in [0.15, 0.2) is 48.5 Å². The maximum atomic E-state index is 13.7. The van der Waals surface area contributed by atoms with Crippen molar-refractivity contribution in [2.24, 2.45) is 17.8 Å². The van der Waals surface area contributed by atoms with Crippen molar-refractivity contribution in [2.75, 3.05) is 6.54 Å². The first-order chi connectivity index (χ1) is 15.3. The van der Waals surface area contributed by atoms with Crippen LogP contribution in [0.1, 0.15) is 69.0 Å². The summed E-state index contributed by atoms with van der Waals surface area (Å²) in [7, 11) is 0. The van der Waals surface area contributed by atoms with Gasteiger partial charge in [-0.3, -0.25) is 9.59 Å². The minimum atomic E-state index is -0.285. The number of Topliss-reactive ketones (excluding diaryl/α,β-unsaturated/α-hetero) is 1. The summed E-state index contributed by atoms with van der Waals surface area (Å²) in [5.41, 5.74) is 2.20. The highest BCUT2D eigenvalue weighted by Crippen LogP contribution is 2.48. The number of amides is 1. The standard InChI is InChI=1S/C27H31Cl2NO2/c1-17(2)12-24(31)14-21-15-25(20-4-3-5-23(29)13-20)26(19-8-10-22(28)11-9-19)30(27(21)32)16-18-6-7-18/h3-5,8-11,13,17-18,21,25-26H,6-7,12,14-16H2,1-2H3/t21-,25+,26+/m0/s1. The van der Waals surface area contributed by atoms with Crippen LogP contribution in [-0.4, -0.2) is 23.1 Å². The first kappa shape index (κ1) is 23.3. The number of halogens is 2. The zero-order valence-electron chi connectivity index (χ0n) is 18.8. The summed E-state index contributed by atoms with van der Waals surface area (Å²) >= 11 is 12.5. The molecular weight excluding hydrogens is 441 g/mol. The summed E-state index contributed by atoms with van der Waals surface area (Å²) < 4.78 is 0. The van der Waals surface area contributed by atoms with Gasteiger partial charge < -0.3 is 4.90 Å². The van der Waals surface area contributed by atoms with Gasteiger partial charge in [-0.1, -0.05) is 61.3 Å². The van der Waals surface area contributed by atoms with Gasteiger partial charge in [0.15, 0.2) is 0 Å². The predicted octanol–water partition coefficient (Wildman–Crippen LogP) is 7.08. The van der Waals surface area contributed by atoms with Crippen LogP contribution in [-0.2, 0) is 9.59 Å². The van der Waals surface area contributed by atoms with Crippen molar-refractivity contribution >= 4 is 34.9 Å². The van der Waals surface area contributed by atoms with Gasteiger partial charge in [0.25, 0.3) is 0 Å². The van der Waals surface area contributed by atoms with E-state index in [2.05, 4.69) is 11.0 Å². The van der Waals surface area contributed by atoms with Crippen molar-refractivity contribution in [3.8, 4) is 0 Å². The summed E-state index contributed by atoms with van der Waals surface area (Å²) in [5.74, 6) is 0.940. The summed E-state index contributed by atoms with van der Waals surface area (Å²) in [5, 5.41) is 1.37. The molecule has 0 unspecified atom stereocenters. The maximum absolute atomic E-state index is 13.7. The topological polar surface area (TPSA) is 37.4 Å². The molecule has 0 radical (unpaired) electrons. The number of hydrogen-bond acceptors (Lipinski definition) is 2. The van der Waals surface area contributed by atoms with E-state index in [9.17, 15) is 9.59 Å². The van der Waals surface area contributed by atoms with Gasteiger partial charge in [-0.2, -0.15) is 0 Å². The number of benzene rings is 2. The van der Waals surface area contributed by atoms with Gasteiger partial charge in [-0.05, 0) is 66.5 Å². The fraction of sp³-hybridized carbons (Fsp3) is 0.481. The number of carbonyl (C=O) groups is 2. The van der Waals surface area contributed by atoms with E-state index in [0.717, 1.165) is 30.5 Å². The molecule has 1 saturated heterocycles.